The summed E-state index contributed by atoms with van der Waals surface area (Å²) in [7, 11) is 1.31. The summed E-state index contributed by atoms with van der Waals surface area (Å²) < 4.78 is 10.0. The van der Waals surface area contributed by atoms with Crippen LogP contribution in [0.2, 0.25) is 0 Å². The van der Waals surface area contributed by atoms with E-state index in [4.69, 9.17) is 4.74 Å². The lowest BCUT2D eigenvalue weighted by Crippen LogP contribution is -2.48. The van der Waals surface area contributed by atoms with Crippen molar-refractivity contribution in [2.45, 2.75) is 45.6 Å². The Labute approximate surface area is 159 Å². The van der Waals surface area contributed by atoms with Crippen LogP contribution in [0.25, 0.3) is 0 Å². The molecule has 0 bridgehead atoms. The van der Waals surface area contributed by atoms with Crippen LogP contribution in [0.3, 0.4) is 0 Å². The van der Waals surface area contributed by atoms with Crippen LogP contribution >= 0.6 is 0 Å². The number of ether oxygens (including phenoxy) is 2. The highest BCUT2D eigenvalue weighted by Crippen LogP contribution is 2.36. The molecular formula is C20H27NO6. The molecule has 1 aromatic rings. The number of carbonyl (C=O) groups is 3. The molecule has 0 spiro atoms. The summed E-state index contributed by atoms with van der Waals surface area (Å²) in [5, 5.41) is 9.83. The minimum atomic E-state index is -0.939. The van der Waals surface area contributed by atoms with Crippen molar-refractivity contribution >= 4 is 18.0 Å². The number of nitrogens with zero attached hydrogens (tertiary/aromatic N) is 1. The zero-order chi connectivity index (χ0) is 20.2. The lowest BCUT2D eigenvalue weighted by Gasteiger charge is -2.39. The van der Waals surface area contributed by atoms with Gasteiger partial charge in [-0.2, -0.15) is 0 Å². The number of aliphatic carboxylic acids is 1. The number of esters is 1. The summed E-state index contributed by atoms with van der Waals surface area (Å²) in [4.78, 5) is 37.3. The zero-order valence-corrected chi connectivity index (χ0v) is 16.3. The molecule has 0 radical (unpaired) electrons. The van der Waals surface area contributed by atoms with Crippen molar-refractivity contribution in [3.8, 4) is 0 Å². The number of hydrogen-bond donors (Lipinski definition) is 1. The minimum absolute atomic E-state index is 0.335. The Morgan fingerprint density at radius 1 is 1.11 bits per heavy atom. The lowest BCUT2D eigenvalue weighted by atomic mass is 9.74. The van der Waals surface area contributed by atoms with E-state index in [1.165, 1.54) is 7.11 Å². The van der Waals surface area contributed by atoms with Crippen LogP contribution in [-0.2, 0) is 20.7 Å². The second kappa shape index (κ2) is 7.98. The van der Waals surface area contributed by atoms with Crippen LogP contribution in [0.15, 0.2) is 24.3 Å². The van der Waals surface area contributed by atoms with Gasteiger partial charge in [-0.1, -0.05) is 12.1 Å². The van der Waals surface area contributed by atoms with Crippen molar-refractivity contribution in [2.24, 2.45) is 5.41 Å². The van der Waals surface area contributed by atoms with E-state index < -0.39 is 29.0 Å². The molecule has 1 aliphatic heterocycles. The molecule has 0 aromatic heterocycles. The first-order chi connectivity index (χ1) is 12.6. The number of benzene rings is 1. The monoisotopic (exact) mass is 377 g/mol. The van der Waals surface area contributed by atoms with Crippen molar-refractivity contribution in [1.82, 2.24) is 4.90 Å². The SMILES string of the molecule is COC(=O)c1ccc(CC2(C(=O)O)CCN(C(=O)OC(C)(C)C)CC2)cc1. The Bertz CT molecular complexity index is 696. The number of likely N-dealkylation sites (tertiary alicyclic amines) is 1. The van der Waals surface area contributed by atoms with E-state index in [2.05, 4.69) is 4.74 Å². The van der Waals surface area contributed by atoms with Crippen LogP contribution < -0.4 is 0 Å². The minimum Gasteiger partial charge on any atom is -0.481 e. The second-order valence-electron chi connectivity index (χ2n) is 7.92. The van der Waals surface area contributed by atoms with Crippen molar-refractivity contribution in [3.05, 3.63) is 35.4 Å². The highest BCUT2D eigenvalue weighted by atomic mass is 16.6. The van der Waals surface area contributed by atoms with Gasteiger partial charge in [0.05, 0.1) is 18.1 Å². The maximum Gasteiger partial charge on any atom is 0.410 e. The van der Waals surface area contributed by atoms with E-state index in [1.54, 1.807) is 49.9 Å². The van der Waals surface area contributed by atoms with E-state index >= 15 is 0 Å². The summed E-state index contributed by atoms with van der Waals surface area (Å²) in [6.07, 6.45) is 0.621. The normalized spacial score (nSPS) is 16.5. The van der Waals surface area contributed by atoms with Crippen molar-refractivity contribution < 1.29 is 29.0 Å². The zero-order valence-electron chi connectivity index (χ0n) is 16.3. The number of methoxy groups -OCH3 is 1. The van der Waals surface area contributed by atoms with Crippen LogP contribution in [0.1, 0.15) is 49.5 Å². The fourth-order valence-electron chi connectivity index (χ4n) is 3.18. The first-order valence-electron chi connectivity index (χ1n) is 8.95. The van der Waals surface area contributed by atoms with E-state index in [1.807, 2.05) is 0 Å². The first kappa shape index (κ1) is 20.7. The summed E-state index contributed by atoms with van der Waals surface area (Å²) in [6.45, 7) is 6.07. The number of carboxylic acid groups (broad SMARTS) is 1. The molecule has 1 amide bonds. The van der Waals surface area contributed by atoms with Gasteiger partial charge < -0.3 is 19.5 Å². The average Bonchev–Trinajstić information content (AvgIpc) is 2.60. The van der Waals surface area contributed by atoms with Crippen molar-refractivity contribution in [3.63, 3.8) is 0 Å². The van der Waals surface area contributed by atoms with Crippen LogP contribution in [0.4, 0.5) is 4.79 Å². The quantitative estimate of drug-likeness (QED) is 0.811. The maximum atomic E-state index is 12.2. The molecule has 0 atom stereocenters. The molecule has 0 unspecified atom stereocenters. The Hall–Kier alpha value is -2.57. The smallest absolute Gasteiger partial charge is 0.410 e. The summed E-state index contributed by atoms with van der Waals surface area (Å²) in [5.41, 5.74) is -0.272. The number of amides is 1. The molecule has 1 N–H and O–H groups in total. The summed E-state index contributed by atoms with van der Waals surface area (Å²) in [6, 6.07) is 6.76. The molecule has 1 aromatic carbocycles. The molecular weight excluding hydrogens is 350 g/mol. The van der Waals surface area contributed by atoms with Crippen LogP contribution in [0, 0.1) is 5.41 Å². The van der Waals surface area contributed by atoms with E-state index in [0.29, 0.717) is 37.9 Å². The third kappa shape index (κ3) is 5.21. The first-order valence-corrected chi connectivity index (χ1v) is 8.95. The van der Waals surface area contributed by atoms with Gasteiger partial charge in [0, 0.05) is 13.1 Å². The fourth-order valence-corrected chi connectivity index (χ4v) is 3.18. The number of carbonyl (C=O) groups excluding carboxylic acids is 2. The van der Waals surface area contributed by atoms with Crippen molar-refractivity contribution in [2.75, 3.05) is 20.2 Å². The number of piperidine rings is 1. The standard InChI is InChI=1S/C20H27NO6/c1-19(2,3)27-18(25)21-11-9-20(10-12-21,17(23)24)13-14-5-7-15(8-6-14)16(22)26-4/h5-8H,9-13H2,1-4H3,(H,23,24). The predicted molar refractivity (Wildman–Crippen MR) is 98.6 cm³/mol. The van der Waals surface area contributed by atoms with Gasteiger partial charge in [0.25, 0.3) is 0 Å². The Morgan fingerprint density at radius 3 is 2.11 bits per heavy atom. The molecule has 7 heteroatoms. The Morgan fingerprint density at radius 2 is 1.67 bits per heavy atom. The van der Waals surface area contributed by atoms with Gasteiger partial charge in [0.2, 0.25) is 0 Å². The number of rotatable bonds is 4. The van der Waals surface area contributed by atoms with Gasteiger partial charge in [-0.25, -0.2) is 9.59 Å². The highest BCUT2D eigenvalue weighted by molar-refractivity contribution is 5.89. The van der Waals surface area contributed by atoms with Gasteiger partial charge in [-0.3, -0.25) is 4.79 Å². The third-order valence-electron chi connectivity index (χ3n) is 4.74. The molecule has 0 aliphatic carbocycles. The van der Waals surface area contributed by atoms with Crippen LogP contribution in [-0.4, -0.2) is 53.8 Å². The molecule has 1 heterocycles. The average molecular weight is 377 g/mol. The van der Waals surface area contributed by atoms with Crippen LogP contribution in [0.5, 0.6) is 0 Å². The Kier molecular flexibility index (Phi) is 6.13. The predicted octanol–water partition coefficient (Wildman–Crippen LogP) is 3.12. The van der Waals surface area contributed by atoms with E-state index in [0.717, 1.165) is 5.56 Å². The van der Waals surface area contributed by atoms with Gasteiger partial charge in [0.15, 0.2) is 0 Å². The lowest BCUT2D eigenvalue weighted by molar-refractivity contribution is -0.152. The molecule has 1 fully saturated rings. The van der Waals surface area contributed by atoms with Gasteiger partial charge >= 0.3 is 18.0 Å². The van der Waals surface area contributed by atoms with Gasteiger partial charge in [-0.15, -0.1) is 0 Å². The van der Waals surface area contributed by atoms with E-state index in [-0.39, 0.29) is 0 Å². The number of hydrogen-bond acceptors (Lipinski definition) is 5. The molecule has 1 aliphatic rings. The van der Waals surface area contributed by atoms with Gasteiger partial charge in [-0.05, 0) is 57.7 Å². The number of carboxylic acids is 1. The topological polar surface area (TPSA) is 93.1 Å². The molecule has 27 heavy (non-hydrogen) atoms. The largest absolute Gasteiger partial charge is 0.481 e. The maximum absolute atomic E-state index is 12.2. The molecule has 0 saturated carbocycles. The van der Waals surface area contributed by atoms with Crippen molar-refractivity contribution in [1.29, 1.82) is 0 Å². The van der Waals surface area contributed by atoms with Gasteiger partial charge in [0.1, 0.15) is 5.60 Å². The molecule has 1 saturated heterocycles. The molecule has 148 valence electrons. The second-order valence-corrected chi connectivity index (χ2v) is 7.92. The fraction of sp³-hybridized carbons (Fsp3) is 0.550. The van der Waals surface area contributed by atoms with E-state index in [9.17, 15) is 19.5 Å². The molecule has 7 nitrogen and oxygen atoms in total. The summed E-state index contributed by atoms with van der Waals surface area (Å²) in [5.74, 6) is -1.30. The summed E-state index contributed by atoms with van der Waals surface area (Å²) >= 11 is 0. The third-order valence-corrected chi connectivity index (χ3v) is 4.74. The molecule has 2 rings (SSSR count). The highest BCUT2D eigenvalue weighted by Gasteiger charge is 2.43. The Balaban J connectivity index is 2.06.